The molecule has 1 aromatic heterocycles. The molecule has 0 saturated heterocycles. The van der Waals surface area contributed by atoms with Crippen molar-refractivity contribution in [3.05, 3.63) is 12.1 Å². The molecule has 0 aromatic carbocycles. The molecule has 6 heteroatoms. The maximum Gasteiger partial charge on any atom is 0.240 e. The molecule has 3 N–H and O–H groups in total. The van der Waals surface area contributed by atoms with Crippen molar-refractivity contribution < 1.29 is 8.78 Å². The predicted molar refractivity (Wildman–Crippen MR) is 45.6 cm³/mol. The number of anilines is 2. The highest BCUT2D eigenvalue weighted by Gasteiger charge is 2.01. The highest BCUT2D eigenvalue weighted by atomic mass is 19.3. The first-order valence-electron chi connectivity index (χ1n) is 3.79. The lowest BCUT2D eigenvalue weighted by Gasteiger charge is -2.03. The van der Waals surface area contributed by atoms with E-state index in [4.69, 9.17) is 5.73 Å². The Balaban J connectivity index is 2.33. The zero-order valence-corrected chi connectivity index (χ0v) is 6.87. The van der Waals surface area contributed by atoms with E-state index in [1.54, 1.807) is 12.1 Å². The average Bonchev–Trinajstić information content (AvgIpc) is 2.08. The number of hydrogen-bond acceptors (Lipinski definition) is 4. The van der Waals surface area contributed by atoms with Crippen molar-refractivity contribution in [1.29, 1.82) is 0 Å². The van der Waals surface area contributed by atoms with Gasteiger partial charge in [0.05, 0.1) is 0 Å². The second-order valence-electron chi connectivity index (χ2n) is 2.45. The van der Waals surface area contributed by atoms with E-state index in [-0.39, 0.29) is 13.0 Å². The molecule has 13 heavy (non-hydrogen) atoms. The first-order chi connectivity index (χ1) is 6.18. The lowest BCUT2D eigenvalue weighted by Crippen LogP contribution is -2.08. The van der Waals surface area contributed by atoms with Crippen LogP contribution in [0.1, 0.15) is 6.42 Å². The van der Waals surface area contributed by atoms with Crippen molar-refractivity contribution in [3.63, 3.8) is 0 Å². The van der Waals surface area contributed by atoms with Crippen LogP contribution in [0.25, 0.3) is 0 Å². The SMILES string of the molecule is Nc1ccc(NCCC(F)F)nn1. The van der Waals surface area contributed by atoms with Crippen molar-refractivity contribution in [3.8, 4) is 0 Å². The van der Waals surface area contributed by atoms with Crippen LogP contribution >= 0.6 is 0 Å². The van der Waals surface area contributed by atoms with Crippen LogP contribution in [-0.2, 0) is 0 Å². The van der Waals surface area contributed by atoms with Gasteiger partial charge in [0, 0.05) is 13.0 Å². The van der Waals surface area contributed by atoms with Gasteiger partial charge in [0.1, 0.15) is 11.6 Å². The zero-order chi connectivity index (χ0) is 9.68. The Morgan fingerprint density at radius 2 is 2.15 bits per heavy atom. The molecule has 0 aliphatic carbocycles. The fourth-order valence-electron chi connectivity index (χ4n) is 0.746. The van der Waals surface area contributed by atoms with Crippen LogP contribution in [0.3, 0.4) is 0 Å². The van der Waals surface area contributed by atoms with Crippen LogP contribution in [0.5, 0.6) is 0 Å². The maximum atomic E-state index is 11.7. The Hall–Kier alpha value is -1.46. The molecule has 0 saturated carbocycles. The number of hydrogen-bond donors (Lipinski definition) is 2. The fraction of sp³-hybridized carbons (Fsp3) is 0.429. The summed E-state index contributed by atoms with van der Waals surface area (Å²) in [7, 11) is 0. The molecule has 0 atom stereocenters. The molecule has 0 spiro atoms. The molecule has 4 nitrogen and oxygen atoms in total. The predicted octanol–water partition coefficient (Wildman–Crippen LogP) is 1.13. The average molecular weight is 188 g/mol. The van der Waals surface area contributed by atoms with Gasteiger partial charge in [-0.1, -0.05) is 0 Å². The Bertz CT molecular complexity index is 249. The number of nitrogens with zero attached hydrogens (tertiary/aromatic N) is 2. The van der Waals surface area contributed by atoms with E-state index in [0.717, 1.165) is 0 Å². The standard InChI is InChI=1S/C7H10F2N4/c8-5(9)3-4-11-7-2-1-6(10)12-13-7/h1-2,5H,3-4H2,(H2,10,12)(H,11,13). The molecular weight excluding hydrogens is 178 g/mol. The van der Waals surface area contributed by atoms with Crippen molar-refractivity contribution in [2.75, 3.05) is 17.6 Å². The topological polar surface area (TPSA) is 63.8 Å². The minimum Gasteiger partial charge on any atom is -0.382 e. The smallest absolute Gasteiger partial charge is 0.240 e. The molecule has 0 aliphatic rings. The molecule has 0 unspecified atom stereocenters. The van der Waals surface area contributed by atoms with Gasteiger partial charge in [-0.15, -0.1) is 10.2 Å². The molecule has 0 fully saturated rings. The van der Waals surface area contributed by atoms with Gasteiger partial charge >= 0.3 is 0 Å². The van der Waals surface area contributed by atoms with Gasteiger partial charge in [0.2, 0.25) is 6.43 Å². The van der Waals surface area contributed by atoms with Crippen LogP contribution in [0, 0.1) is 0 Å². The lowest BCUT2D eigenvalue weighted by molar-refractivity contribution is 0.142. The van der Waals surface area contributed by atoms with Crippen molar-refractivity contribution >= 4 is 11.6 Å². The van der Waals surface area contributed by atoms with Gasteiger partial charge in [-0.25, -0.2) is 8.78 Å². The summed E-state index contributed by atoms with van der Waals surface area (Å²) in [5.41, 5.74) is 5.28. The summed E-state index contributed by atoms with van der Waals surface area (Å²) in [6.07, 6.45) is -2.50. The summed E-state index contributed by atoms with van der Waals surface area (Å²) in [6.45, 7) is 0.177. The van der Waals surface area contributed by atoms with Crippen LogP contribution < -0.4 is 11.1 Å². The van der Waals surface area contributed by atoms with Gasteiger partial charge in [-0.05, 0) is 12.1 Å². The molecule has 0 amide bonds. The highest BCUT2D eigenvalue weighted by molar-refractivity contribution is 5.38. The first kappa shape index (κ1) is 9.63. The van der Waals surface area contributed by atoms with E-state index in [2.05, 4.69) is 15.5 Å². The minimum atomic E-state index is -2.30. The molecule has 0 bridgehead atoms. The second kappa shape index (κ2) is 4.54. The summed E-state index contributed by atoms with van der Waals surface area (Å²) in [4.78, 5) is 0. The number of halogens is 2. The number of aromatic nitrogens is 2. The highest BCUT2D eigenvalue weighted by Crippen LogP contribution is 2.04. The van der Waals surface area contributed by atoms with Crippen LogP contribution in [0.4, 0.5) is 20.4 Å². The molecule has 0 aliphatic heterocycles. The number of nitrogens with one attached hydrogen (secondary N) is 1. The van der Waals surface area contributed by atoms with E-state index in [1.165, 1.54) is 0 Å². The van der Waals surface area contributed by atoms with E-state index < -0.39 is 6.43 Å². The summed E-state index contributed by atoms with van der Waals surface area (Å²) < 4.78 is 23.4. The number of nitrogen functional groups attached to an aromatic ring is 1. The summed E-state index contributed by atoms with van der Waals surface area (Å²) in [6, 6.07) is 3.14. The van der Waals surface area contributed by atoms with E-state index >= 15 is 0 Å². The third kappa shape index (κ3) is 3.64. The molecule has 1 heterocycles. The Morgan fingerprint density at radius 1 is 1.38 bits per heavy atom. The van der Waals surface area contributed by atoms with E-state index in [9.17, 15) is 8.78 Å². The van der Waals surface area contributed by atoms with Gasteiger partial charge in [0.15, 0.2) is 0 Å². The van der Waals surface area contributed by atoms with Crippen LogP contribution in [0.2, 0.25) is 0 Å². The normalized spacial score (nSPS) is 10.4. The van der Waals surface area contributed by atoms with Gasteiger partial charge in [0.25, 0.3) is 0 Å². The van der Waals surface area contributed by atoms with Gasteiger partial charge < -0.3 is 11.1 Å². The van der Waals surface area contributed by atoms with Gasteiger partial charge in [-0.3, -0.25) is 0 Å². The van der Waals surface area contributed by atoms with Gasteiger partial charge in [-0.2, -0.15) is 0 Å². The molecule has 72 valence electrons. The molecule has 1 rings (SSSR count). The van der Waals surface area contributed by atoms with Crippen LogP contribution in [0.15, 0.2) is 12.1 Å². The van der Waals surface area contributed by atoms with Crippen molar-refractivity contribution in [1.82, 2.24) is 10.2 Å². The summed E-state index contributed by atoms with van der Waals surface area (Å²) >= 11 is 0. The second-order valence-corrected chi connectivity index (χ2v) is 2.45. The zero-order valence-electron chi connectivity index (χ0n) is 6.87. The minimum absolute atomic E-state index is 0.177. The Kier molecular flexibility index (Phi) is 3.36. The number of rotatable bonds is 4. The quantitative estimate of drug-likeness (QED) is 0.743. The van der Waals surface area contributed by atoms with Crippen molar-refractivity contribution in [2.45, 2.75) is 12.8 Å². The van der Waals surface area contributed by atoms with Crippen molar-refractivity contribution in [2.24, 2.45) is 0 Å². The third-order valence-corrected chi connectivity index (χ3v) is 1.35. The summed E-state index contributed by atoms with van der Waals surface area (Å²) in [5, 5.41) is 9.89. The molecular formula is C7H10F2N4. The number of alkyl halides is 2. The summed E-state index contributed by atoms with van der Waals surface area (Å²) in [5.74, 6) is 0.759. The van der Waals surface area contributed by atoms with E-state index in [0.29, 0.717) is 11.6 Å². The first-order valence-corrected chi connectivity index (χ1v) is 3.79. The third-order valence-electron chi connectivity index (χ3n) is 1.35. The lowest BCUT2D eigenvalue weighted by atomic mass is 10.4. The van der Waals surface area contributed by atoms with E-state index in [1.807, 2.05) is 0 Å². The largest absolute Gasteiger partial charge is 0.382 e. The Labute approximate surface area is 74.2 Å². The fourth-order valence-corrected chi connectivity index (χ4v) is 0.746. The monoisotopic (exact) mass is 188 g/mol. The molecule has 1 aromatic rings. The Morgan fingerprint density at radius 3 is 2.69 bits per heavy atom. The maximum absolute atomic E-state index is 11.7. The van der Waals surface area contributed by atoms with Crippen LogP contribution in [-0.4, -0.2) is 23.2 Å². The molecule has 0 radical (unpaired) electrons. The number of nitrogens with two attached hydrogens (primary N) is 1.